The van der Waals surface area contributed by atoms with Crippen LogP contribution in [0.3, 0.4) is 0 Å². The summed E-state index contributed by atoms with van der Waals surface area (Å²) in [5, 5.41) is 1.94. The van der Waals surface area contributed by atoms with Gasteiger partial charge in [-0.2, -0.15) is 0 Å². The third-order valence-corrected chi connectivity index (χ3v) is 5.29. The van der Waals surface area contributed by atoms with Gasteiger partial charge in [-0.1, -0.05) is 61.7 Å². The molecule has 1 rings (SSSR count). The summed E-state index contributed by atoms with van der Waals surface area (Å²) < 4.78 is 5.16. The molecule has 0 bridgehead atoms. The lowest BCUT2D eigenvalue weighted by molar-refractivity contribution is 0.186. The Bertz CT molecular complexity index is 335. The molecule has 0 saturated carbocycles. The molecule has 1 nitrogen and oxygen atoms in total. The van der Waals surface area contributed by atoms with E-state index in [0.717, 1.165) is 30.1 Å². The highest BCUT2D eigenvalue weighted by Crippen LogP contribution is 2.34. The van der Waals surface area contributed by atoms with Crippen molar-refractivity contribution in [3.05, 3.63) is 35.4 Å². The van der Waals surface area contributed by atoms with Gasteiger partial charge >= 0.3 is 0 Å². The predicted octanol–water partition coefficient (Wildman–Crippen LogP) is 4.45. The minimum Gasteiger partial charge on any atom is -0.385 e. The van der Waals surface area contributed by atoms with Crippen LogP contribution in [0.15, 0.2) is 24.3 Å². The summed E-state index contributed by atoms with van der Waals surface area (Å²) >= 11 is 7.35. The van der Waals surface area contributed by atoms with Gasteiger partial charge in [-0.25, -0.2) is 0 Å². The summed E-state index contributed by atoms with van der Waals surface area (Å²) in [5.41, 5.74) is 2.90. The first-order valence-electron chi connectivity index (χ1n) is 5.86. The lowest BCUT2D eigenvalue weighted by atomic mass is 9.80. The summed E-state index contributed by atoms with van der Waals surface area (Å²) in [7, 11) is 1.76. The van der Waals surface area contributed by atoms with Crippen molar-refractivity contribution >= 4 is 31.9 Å². The lowest BCUT2D eigenvalue weighted by Crippen LogP contribution is -2.30. The Labute approximate surface area is 121 Å². The summed E-state index contributed by atoms with van der Waals surface area (Å²) in [6, 6.07) is 8.80. The number of halogens is 2. The number of hydrogen-bond acceptors (Lipinski definition) is 1. The fourth-order valence-corrected chi connectivity index (χ4v) is 4.13. The molecule has 0 N–H and O–H groups in total. The predicted molar refractivity (Wildman–Crippen MR) is 81.6 cm³/mol. The van der Waals surface area contributed by atoms with Crippen molar-refractivity contribution in [2.75, 3.05) is 24.4 Å². The summed E-state index contributed by atoms with van der Waals surface area (Å²) in [5.74, 6) is 0. The maximum Gasteiger partial charge on any atom is 0.0462 e. The third kappa shape index (κ3) is 4.08. The molecule has 1 aromatic carbocycles. The van der Waals surface area contributed by atoms with Crippen LogP contribution in [0.4, 0.5) is 0 Å². The SMILES string of the molecule is COCCCC(CBr)(CBr)c1cccc(C)c1. The largest absolute Gasteiger partial charge is 0.385 e. The van der Waals surface area contributed by atoms with Gasteiger partial charge in [0, 0.05) is 29.8 Å². The molecule has 1 aromatic rings. The van der Waals surface area contributed by atoms with Gasteiger partial charge in [0.2, 0.25) is 0 Å². The normalized spacial score (nSPS) is 11.8. The highest BCUT2D eigenvalue weighted by Gasteiger charge is 2.29. The lowest BCUT2D eigenvalue weighted by Gasteiger charge is -2.31. The Morgan fingerprint density at radius 2 is 1.94 bits per heavy atom. The minimum atomic E-state index is 0.171. The van der Waals surface area contributed by atoms with E-state index in [4.69, 9.17) is 4.74 Å². The Kier molecular flexibility index (Phi) is 6.75. The van der Waals surface area contributed by atoms with Gasteiger partial charge in [0.25, 0.3) is 0 Å². The molecule has 3 heteroatoms. The minimum absolute atomic E-state index is 0.171. The van der Waals surface area contributed by atoms with E-state index in [1.807, 2.05) is 0 Å². The van der Waals surface area contributed by atoms with E-state index in [-0.39, 0.29) is 5.41 Å². The second-order valence-corrected chi connectivity index (χ2v) is 5.63. The summed E-state index contributed by atoms with van der Waals surface area (Å²) in [6.07, 6.45) is 2.21. The van der Waals surface area contributed by atoms with Crippen LogP contribution in [0.5, 0.6) is 0 Å². The van der Waals surface area contributed by atoms with Crippen LogP contribution < -0.4 is 0 Å². The highest BCUT2D eigenvalue weighted by atomic mass is 79.9. The zero-order chi connectivity index (χ0) is 12.7. The first-order chi connectivity index (χ1) is 8.18. The molecule has 17 heavy (non-hydrogen) atoms. The number of alkyl halides is 2. The van der Waals surface area contributed by atoms with E-state index in [1.165, 1.54) is 11.1 Å². The molecule has 0 aliphatic heterocycles. The Morgan fingerprint density at radius 3 is 2.47 bits per heavy atom. The molecule has 0 atom stereocenters. The topological polar surface area (TPSA) is 9.23 Å². The van der Waals surface area contributed by atoms with Gasteiger partial charge in [0.15, 0.2) is 0 Å². The Hall–Kier alpha value is 0.140. The van der Waals surface area contributed by atoms with Crippen LogP contribution in [-0.2, 0) is 10.2 Å². The standard InChI is InChI=1S/C14H20Br2O/c1-12-5-3-6-13(9-12)14(10-15,11-16)7-4-8-17-2/h3,5-6,9H,4,7-8,10-11H2,1-2H3. The number of rotatable bonds is 7. The molecule has 0 amide bonds. The number of aryl methyl sites for hydroxylation is 1. The number of benzene rings is 1. The molecule has 0 aromatic heterocycles. The van der Waals surface area contributed by atoms with Crippen molar-refractivity contribution in [3.8, 4) is 0 Å². The van der Waals surface area contributed by atoms with E-state index in [1.54, 1.807) is 7.11 Å². The number of methoxy groups -OCH3 is 1. The number of ether oxygens (including phenoxy) is 1. The van der Waals surface area contributed by atoms with Gasteiger partial charge in [0.05, 0.1) is 0 Å². The van der Waals surface area contributed by atoms with Crippen LogP contribution in [0.25, 0.3) is 0 Å². The molecule has 0 unspecified atom stereocenters. The monoisotopic (exact) mass is 362 g/mol. The Balaban J connectivity index is 2.89. The highest BCUT2D eigenvalue weighted by molar-refractivity contribution is 9.09. The summed E-state index contributed by atoms with van der Waals surface area (Å²) in [6.45, 7) is 2.97. The molecule has 0 spiro atoms. The Morgan fingerprint density at radius 1 is 1.24 bits per heavy atom. The fraction of sp³-hybridized carbons (Fsp3) is 0.571. The molecule has 0 radical (unpaired) electrons. The van der Waals surface area contributed by atoms with Gasteiger partial charge in [-0.15, -0.1) is 0 Å². The van der Waals surface area contributed by atoms with Gasteiger partial charge < -0.3 is 4.74 Å². The quantitative estimate of drug-likeness (QED) is 0.513. The maximum absolute atomic E-state index is 5.16. The summed E-state index contributed by atoms with van der Waals surface area (Å²) in [4.78, 5) is 0. The average molecular weight is 364 g/mol. The molecular formula is C14H20Br2O. The second kappa shape index (κ2) is 7.55. The van der Waals surface area contributed by atoms with Crippen molar-refractivity contribution < 1.29 is 4.74 Å². The first kappa shape index (κ1) is 15.2. The fourth-order valence-electron chi connectivity index (χ4n) is 2.00. The van der Waals surface area contributed by atoms with Crippen molar-refractivity contribution in [2.45, 2.75) is 25.2 Å². The molecule has 0 heterocycles. The van der Waals surface area contributed by atoms with E-state index in [9.17, 15) is 0 Å². The molecule has 0 saturated heterocycles. The van der Waals surface area contributed by atoms with Gasteiger partial charge in [0.1, 0.15) is 0 Å². The molecule has 96 valence electrons. The van der Waals surface area contributed by atoms with Gasteiger partial charge in [-0.05, 0) is 25.3 Å². The molecule has 0 fully saturated rings. The van der Waals surface area contributed by atoms with Crippen molar-refractivity contribution in [1.82, 2.24) is 0 Å². The van der Waals surface area contributed by atoms with Crippen LogP contribution >= 0.6 is 31.9 Å². The van der Waals surface area contributed by atoms with Crippen LogP contribution in [0.2, 0.25) is 0 Å². The van der Waals surface area contributed by atoms with Gasteiger partial charge in [-0.3, -0.25) is 0 Å². The number of hydrogen-bond donors (Lipinski definition) is 0. The zero-order valence-corrected chi connectivity index (χ0v) is 13.7. The third-order valence-electron chi connectivity index (χ3n) is 3.15. The van der Waals surface area contributed by atoms with Crippen LogP contribution in [0, 0.1) is 6.92 Å². The molecule has 0 aliphatic carbocycles. The maximum atomic E-state index is 5.16. The zero-order valence-electron chi connectivity index (χ0n) is 10.5. The smallest absolute Gasteiger partial charge is 0.0462 e. The van der Waals surface area contributed by atoms with Crippen molar-refractivity contribution in [2.24, 2.45) is 0 Å². The van der Waals surface area contributed by atoms with E-state index in [0.29, 0.717) is 0 Å². The van der Waals surface area contributed by atoms with Crippen molar-refractivity contribution in [3.63, 3.8) is 0 Å². The van der Waals surface area contributed by atoms with Crippen molar-refractivity contribution in [1.29, 1.82) is 0 Å². The average Bonchev–Trinajstić information content (AvgIpc) is 2.35. The van der Waals surface area contributed by atoms with E-state index in [2.05, 4.69) is 63.0 Å². The van der Waals surface area contributed by atoms with E-state index < -0.39 is 0 Å². The first-order valence-corrected chi connectivity index (χ1v) is 8.11. The van der Waals surface area contributed by atoms with E-state index >= 15 is 0 Å². The molecule has 0 aliphatic rings. The van der Waals surface area contributed by atoms with Crippen LogP contribution in [0.1, 0.15) is 24.0 Å². The molecular weight excluding hydrogens is 344 g/mol. The van der Waals surface area contributed by atoms with Crippen LogP contribution in [-0.4, -0.2) is 24.4 Å². The second-order valence-electron chi connectivity index (χ2n) is 4.51.